The smallest absolute Gasteiger partial charge is 0.409 e. The summed E-state index contributed by atoms with van der Waals surface area (Å²) in [6.07, 6.45) is 4.68. The third-order valence-corrected chi connectivity index (χ3v) is 7.63. The molecular formula is C21H27N3O3S2. The van der Waals surface area contributed by atoms with Gasteiger partial charge < -0.3 is 19.1 Å². The Morgan fingerprint density at radius 1 is 1.10 bits per heavy atom. The van der Waals surface area contributed by atoms with Gasteiger partial charge in [-0.05, 0) is 35.8 Å². The molecule has 2 aliphatic rings. The van der Waals surface area contributed by atoms with Crippen LogP contribution in [0.15, 0.2) is 24.5 Å². The zero-order valence-electron chi connectivity index (χ0n) is 16.9. The highest BCUT2D eigenvalue weighted by atomic mass is 32.2. The van der Waals surface area contributed by atoms with Crippen molar-refractivity contribution in [3.63, 3.8) is 0 Å². The summed E-state index contributed by atoms with van der Waals surface area (Å²) >= 11 is 3.67. The van der Waals surface area contributed by atoms with E-state index in [9.17, 15) is 9.59 Å². The maximum atomic E-state index is 13.5. The summed E-state index contributed by atoms with van der Waals surface area (Å²) in [7, 11) is 0. The first-order valence-corrected chi connectivity index (χ1v) is 12.1. The molecular weight excluding hydrogens is 406 g/mol. The first kappa shape index (κ1) is 20.3. The Hall–Kier alpha value is -1.93. The zero-order chi connectivity index (χ0) is 20.4. The number of hydrogen-bond donors (Lipinski definition) is 0. The second-order valence-corrected chi connectivity index (χ2v) is 10.0. The van der Waals surface area contributed by atoms with Gasteiger partial charge in [-0.15, -0.1) is 11.3 Å². The minimum atomic E-state index is -0.274. The van der Waals surface area contributed by atoms with Crippen molar-refractivity contribution in [1.82, 2.24) is 14.4 Å². The van der Waals surface area contributed by atoms with Gasteiger partial charge in [-0.25, -0.2) is 4.79 Å². The Kier molecular flexibility index (Phi) is 6.20. The molecule has 0 unspecified atom stereocenters. The lowest BCUT2D eigenvalue weighted by Gasteiger charge is -2.34. The van der Waals surface area contributed by atoms with Crippen molar-refractivity contribution in [1.29, 1.82) is 0 Å². The molecule has 2 aromatic rings. The highest BCUT2D eigenvalue weighted by molar-refractivity contribution is 7.98. The van der Waals surface area contributed by atoms with Crippen LogP contribution in [-0.4, -0.2) is 64.9 Å². The van der Waals surface area contributed by atoms with Crippen molar-refractivity contribution in [3.8, 4) is 5.00 Å². The Labute approximate surface area is 179 Å². The van der Waals surface area contributed by atoms with Crippen LogP contribution in [0.3, 0.4) is 0 Å². The number of thiophene rings is 1. The van der Waals surface area contributed by atoms with Gasteiger partial charge in [-0.3, -0.25) is 4.79 Å². The standard InChI is InChI=1S/C21H27N3O3S2/c1-15(2)13-27-21(26)24-10-8-22(9-11-24)19(25)18-16-5-12-28-14-17(16)29-20(18)23-6-3-4-7-23/h3-4,6-7,15H,5,8-14H2,1-2H3. The van der Waals surface area contributed by atoms with Crippen LogP contribution in [0.2, 0.25) is 0 Å². The summed E-state index contributed by atoms with van der Waals surface area (Å²) in [6, 6.07) is 3.98. The number of ether oxygens (including phenoxy) is 1. The van der Waals surface area contributed by atoms with Crippen LogP contribution < -0.4 is 0 Å². The van der Waals surface area contributed by atoms with Crippen molar-refractivity contribution in [3.05, 3.63) is 40.5 Å². The van der Waals surface area contributed by atoms with Crippen molar-refractivity contribution < 1.29 is 14.3 Å². The van der Waals surface area contributed by atoms with Gasteiger partial charge in [0.15, 0.2) is 0 Å². The predicted octanol–water partition coefficient (Wildman–Crippen LogP) is 3.88. The summed E-state index contributed by atoms with van der Waals surface area (Å²) in [5, 5.41) is 1.02. The molecule has 0 aliphatic carbocycles. The van der Waals surface area contributed by atoms with Crippen LogP contribution in [-0.2, 0) is 16.9 Å². The highest BCUT2D eigenvalue weighted by Crippen LogP contribution is 2.39. The second-order valence-electron chi connectivity index (χ2n) is 7.83. The van der Waals surface area contributed by atoms with Crippen LogP contribution in [0, 0.1) is 5.92 Å². The number of carbonyl (C=O) groups is 2. The number of fused-ring (bicyclic) bond motifs is 1. The molecule has 29 heavy (non-hydrogen) atoms. The van der Waals surface area contributed by atoms with Crippen molar-refractivity contribution >= 4 is 35.1 Å². The fourth-order valence-electron chi connectivity index (χ4n) is 3.67. The maximum Gasteiger partial charge on any atom is 0.409 e. The summed E-state index contributed by atoms with van der Waals surface area (Å²) in [5.74, 6) is 2.45. The molecule has 0 bridgehead atoms. The first-order chi connectivity index (χ1) is 14.0. The van der Waals surface area contributed by atoms with Crippen LogP contribution in [0.1, 0.15) is 34.6 Å². The molecule has 0 N–H and O–H groups in total. The number of piperazine rings is 1. The molecule has 156 valence electrons. The summed E-state index contributed by atoms with van der Waals surface area (Å²) in [4.78, 5) is 30.6. The number of hydrogen-bond acceptors (Lipinski definition) is 5. The third kappa shape index (κ3) is 4.33. The van der Waals surface area contributed by atoms with Gasteiger partial charge in [0.2, 0.25) is 0 Å². The van der Waals surface area contributed by atoms with Crippen molar-refractivity contribution in [2.24, 2.45) is 5.92 Å². The van der Waals surface area contributed by atoms with E-state index in [-0.39, 0.29) is 12.0 Å². The molecule has 4 rings (SSSR count). The molecule has 0 spiro atoms. The number of rotatable bonds is 4. The number of nitrogens with zero attached hydrogens (tertiary/aromatic N) is 3. The molecule has 0 radical (unpaired) electrons. The van der Waals surface area contributed by atoms with Crippen LogP contribution in [0.25, 0.3) is 5.00 Å². The molecule has 2 amide bonds. The van der Waals surface area contributed by atoms with Crippen LogP contribution in [0.5, 0.6) is 0 Å². The fourth-order valence-corrected chi connectivity index (χ4v) is 6.11. The molecule has 2 aliphatic heterocycles. The molecule has 0 atom stereocenters. The van der Waals surface area contributed by atoms with Gasteiger partial charge in [0, 0.05) is 49.2 Å². The van der Waals surface area contributed by atoms with E-state index in [0.717, 1.165) is 28.5 Å². The molecule has 4 heterocycles. The number of amides is 2. The Morgan fingerprint density at radius 3 is 2.48 bits per heavy atom. The molecule has 2 aromatic heterocycles. The van der Waals surface area contributed by atoms with Gasteiger partial charge in [0.25, 0.3) is 5.91 Å². The van der Waals surface area contributed by atoms with Crippen LogP contribution >= 0.6 is 23.1 Å². The molecule has 0 saturated carbocycles. The lowest BCUT2D eigenvalue weighted by atomic mass is 10.1. The average molecular weight is 434 g/mol. The lowest BCUT2D eigenvalue weighted by Crippen LogP contribution is -2.51. The minimum Gasteiger partial charge on any atom is -0.449 e. The lowest BCUT2D eigenvalue weighted by molar-refractivity contribution is 0.0535. The predicted molar refractivity (Wildman–Crippen MR) is 117 cm³/mol. The fraction of sp³-hybridized carbons (Fsp3) is 0.524. The monoisotopic (exact) mass is 433 g/mol. The number of thioether (sulfide) groups is 1. The maximum absolute atomic E-state index is 13.5. The third-order valence-electron chi connectivity index (χ3n) is 5.22. The Balaban J connectivity index is 1.49. The molecule has 8 heteroatoms. The second kappa shape index (κ2) is 8.83. The van der Waals surface area contributed by atoms with E-state index in [1.54, 1.807) is 16.2 Å². The van der Waals surface area contributed by atoms with E-state index < -0.39 is 0 Å². The highest BCUT2D eigenvalue weighted by Gasteiger charge is 2.32. The summed E-state index contributed by atoms with van der Waals surface area (Å²) in [6.45, 7) is 6.59. The minimum absolute atomic E-state index is 0.0910. The molecule has 1 saturated heterocycles. The normalized spacial score (nSPS) is 16.8. The Morgan fingerprint density at radius 2 is 1.79 bits per heavy atom. The van der Waals surface area contributed by atoms with Crippen molar-refractivity contribution in [2.45, 2.75) is 26.0 Å². The molecule has 6 nitrogen and oxygen atoms in total. The largest absolute Gasteiger partial charge is 0.449 e. The van der Waals surface area contributed by atoms with E-state index in [1.165, 1.54) is 10.4 Å². The van der Waals surface area contributed by atoms with Gasteiger partial charge in [-0.2, -0.15) is 11.8 Å². The van der Waals surface area contributed by atoms with Crippen molar-refractivity contribution in [2.75, 3.05) is 38.5 Å². The number of aromatic nitrogens is 1. The van der Waals surface area contributed by atoms with Gasteiger partial charge in [0.1, 0.15) is 5.00 Å². The Bertz CT molecular complexity index is 868. The van der Waals surface area contributed by atoms with E-state index >= 15 is 0 Å². The SMILES string of the molecule is CC(C)COC(=O)N1CCN(C(=O)c2c(-n3cccc3)sc3c2CCSC3)CC1. The number of carbonyl (C=O) groups excluding carboxylic acids is 2. The van der Waals surface area contributed by atoms with Crippen LogP contribution in [0.4, 0.5) is 4.79 Å². The van der Waals surface area contributed by atoms with E-state index in [2.05, 4.69) is 4.57 Å². The topological polar surface area (TPSA) is 54.8 Å². The first-order valence-electron chi connectivity index (χ1n) is 10.1. The zero-order valence-corrected chi connectivity index (χ0v) is 18.6. The molecule has 1 fully saturated rings. The molecule has 0 aromatic carbocycles. The van der Waals surface area contributed by atoms with Gasteiger partial charge >= 0.3 is 6.09 Å². The van der Waals surface area contributed by atoms with Gasteiger partial charge in [-0.1, -0.05) is 13.8 Å². The average Bonchev–Trinajstić information content (AvgIpc) is 3.39. The quantitative estimate of drug-likeness (QED) is 0.734. The summed E-state index contributed by atoms with van der Waals surface area (Å²) in [5.41, 5.74) is 2.08. The van der Waals surface area contributed by atoms with E-state index in [1.807, 2.05) is 55.0 Å². The van der Waals surface area contributed by atoms with E-state index in [0.29, 0.717) is 38.7 Å². The summed E-state index contributed by atoms with van der Waals surface area (Å²) < 4.78 is 7.39. The van der Waals surface area contributed by atoms with E-state index in [4.69, 9.17) is 4.74 Å². The van der Waals surface area contributed by atoms with Gasteiger partial charge in [0.05, 0.1) is 12.2 Å².